The Morgan fingerprint density at radius 2 is 1.79 bits per heavy atom. The Bertz CT molecular complexity index is 2090. The van der Waals surface area contributed by atoms with Crippen LogP contribution in [0.3, 0.4) is 0 Å². The van der Waals surface area contributed by atoms with E-state index < -0.39 is 6.04 Å². The minimum absolute atomic E-state index is 0.151. The van der Waals surface area contributed by atoms with Gasteiger partial charge >= 0.3 is 0 Å². The number of amides is 2. The number of aromatic nitrogens is 7. The van der Waals surface area contributed by atoms with Crippen LogP contribution in [0.25, 0.3) is 22.0 Å². The zero-order valence-electron chi connectivity index (χ0n) is 26.5. The molecule has 1 N–H and O–H groups in total. The highest BCUT2D eigenvalue weighted by molar-refractivity contribution is 9.10. The largest absolute Gasteiger partial charge is 0.426 e. The Balaban J connectivity index is 1.22. The number of fused-ring (bicyclic) bond motifs is 2. The van der Waals surface area contributed by atoms with Crippen LogP contribution >= 0.6 is 15.9 Å². The van der Waals surface area contributed by atoms with Gasteiger partial charge in [0.25, 0.3) is 0 Å². The fourth-order valence-electron chi connectivity index (χ4n) is 6.83. The number of anilines is 1. The van der Waals surface area contributed by atoms with Crippen LogP contribution in [-0.2, 0) is 22.6 Å². The van der Waals surface area contributed by atoms with Crippen LogP contribution < -0.4 is 5.32 Å². The number of halogens is 1. The highest BCUT2D eigenvalue weighted by Crippen LogP contribution is 2.61. The number of pyridine rings is 1. The van der Waals surface area contributed by atoms with E-state index >= 15 is 0 Å². The highest BCUT2D eigenvalue weighted by Gasteiger charge is 2.67. The molecule has 1 aliphatic carbocycles. The van der Waals surface area contributed by atoms with Crippen molar-refractivity contribution in [1.82, 2.24) is 39.8 Å². The Morgan fingerprint density at radius 3 is 2.49 bits per heavy atom. The summed E-state index contributed by atoms with van der Waals surface area (Å²) in [6.07, 6.45) is 5.09. The minimum atomic E-state index is -0.756. The molecule has 0 radical (unpaired) electrons. The third-order valence-corrected chi connectivity index (χ3v) is 9.59. The maximum atomic E-state index is 14.3. The van der Waals surface area contributed by atoms with Gasteiger partial charge in [-0.15, -0.1) is 10.2 Å². The first-order valence-electron chi connectivity index (χ1n) is 15.3. The molecule has 3 atom stereocenters. The third-order valence-electron chi connectivity index (χ3n) is 9.15. The summed E-state index contributed by atoms with van der Waals surface area (Å²) < 4.78 is 7.86. The number of hydrogen-bond acceptors (Lipinski definition) is 10. The van der Waals surface area contributed by atoms with Crippen LogP contribution in [0.15, 0.2) is 45.7 Å². The van der Waals surface area contributed by atoms with Crippen LogP contribution in [0, 0.1) is 33.1 Å². The smallest absolute Gasteiger partial charge is 0.248 e. The molecule has 0 unspecified atom stereocenters. The molecule has 0 bridgehead atoms. The second-order valence-corrected chi connectivity index (χ2v) is 13.4. The number of nitrogens with zero attached hydrogens (tertiary/aromatic N) is 8. The summed E-state index contributed by atoms with van der Waals surface area (Å²) in [5.41, 5.74) is 3.86. The number of likely N-dealkylation sites (tertiary alicyclic amines) is 1. The molecule has 240 valence electrons. The summed E-state index contributed by atoms with van der Waals surface area (Å²) in [5.74, 6) is 1.22. The lowest BCUT2D eigenvalue weighted by Crippen LogP contribution is -2.47. The molecular formula is C33H32BrN9O4. The van der Waals surface area contributed by atoms with Crippen LogP contribution in [0.4, 0.5) is 5.82 Å². The Labute approximate surface area is 278 Å². The van der Waals surface area contributed by atoms with Gasteiger partial charge < -0.3 is 14.6 Å². The molecule has 47 heavy (non-hydrogen) atoms. The molecule has 1 aliphatic heterocycles. The second kappa shape index (κ2) is 11.4. The van der Waals surface area contributed by atoms with Gasteiger partial charge in [0.1, 0.15) is 34.5 Å². The van der Waals surface area contributed by atoms with Gasteiger partial charge in [-0.2, -0.15) is 5.10 Å². The maximum absolute atomic E-state index is 14.3. The highest BCUT2D eigenvalue weighted by atomic mass is 79.9. The second-order valence-electron chi connectivity index (χ2n) is 12.6. The van der Waals surface area contributed by atoms with Crippen molar-refractivity contribution in [2.45, 2.75) is 72.5 Å². The molecule has 5 aromatic rings. The number of Topliss-reactive ketones (excluding diaryl/α,β-unsaturated/α-hetero) is 1. The van der Waals surface area contributed by atoms with Crippen molar-refractivity contribution in [3.8, 4) is 11.1 Å². The van der Waals surface area contributed by atoms with Crippen molar-refractivity contribution in [2.75, 3.05) is 5.32 Å². The first kappa shape index (κ1) is 30.8. The SMILES string of the molecule is CC(=O)c1nn(CC(=O)N2[C@H](C(=O)Nc3nc(Br)ccc3C)C[C@@]3(Cc4nnc(C)o4)C[C@@H]23)c2c(C)cc(-c3cnc(C)nc3)cc12. The number of ketones is 1. The normalized spacial score (nSPS) is 20.0. The molecular weight excluding hydrogens is 666 g/mol. The van der Waals surface area contributed by atoms with Gasteiger partial charge in [-0.25, -0.2) is 15.0 Å². The summed E-state index contributed by atoms with van der Waals surface area (Å²) >= 11 is 3.37. The number of piperidine rings is 1. The van der Waals surface area contributed by atoms with E-state index in [1.54, 1.807) is 35.0 Å². The van der Waals surface area contributed by atoms with Crippen LogP contribution in [0.5, 0.6) is 0 Å². The molecule has 7 rings (SSSR count). The van der Waals surface area contributed by atoms with Gasteiger partial charge in [-0.05, 0) is 84.4 Å². The number of hydrogen-bond donors (Lipinski definition) is 1. The van der Waals surface area contributed by atoms with E-state index in [0.717, 1.165) is 22.3 Å². The fourth-order valence-corrected chi connectivity index (χ4v) is 7.14. The number of benzene rings is 1. The molecule has 5 heterocycles. The van der Waals surface area contributed by atoms with E-state index in [1.165, 1.54) is 6.92 Å². The lowest BCUT2D eigenvalue weighted by atomic mass is 9.95. The summed E-state index contributed by atoms with van der Waals surface area (Å²) in [5, 5.41) is 16.4. The van der Waals surface area contributed by atoms with Crippen molar-refractivity contribution >= 4 is 50.2 Å². The van der Waals surface area contributed by atoms with Crippen molar-refractivity contribution in [3.63, 3.8) is 0 Å². The quantitative estimate of drug-likeness (QED) is 0.178. The molecule has 2 amide bonds. The lowest BCUT2D eigenvalue weighted by molar-refractivity contribution is -0.138. The van der Waals surface area contributed by atoms with Crippen LogP contribution in [0.2, 0.25) is 0 Å². The average Bonchev–Trinajstić information content (AvgIpc) is 3.28. The topological polar surface area (TPSA) is 162 Å². The number of carbonyl (C=O) groups excluding carboxylic acids is 3. The lowest BCUT2D eigenvalue weighted by Gasteiger charge is -2.27. The number of rotatable bonds is 8. The minimum Gasteiger partial charge on any atom is -0.426 e. The van der Waals surface area contributed by atoms with E-state index in [0.29, 0.717) is 58.2 Å². The Kier molecular flexibility index (Phi) is 7.49. The summed E-state index contributed by atoms with van der Waals surface area (Å²) in [6.45, 7) is 8.64. The molecule has 1 aromatic carbocycles. The van der Waals surface area contributed by atoms with Gasteiger partial charge in [-0.1, -0.05) is 6.07 Å². The molecule has 1 saturated carbocycles. The Morgan fingerprint density at radius 1 is 1.02 bits per heavy atom. The maximum Gasteiger partial charge on any atom is 0.248 e. The summed E-state index contributed by atoms with van der Waals surface area (Å²) in [6, 6.07) is 6.57. The van der Waals surface area contributed by atoms with Gasteiger partial charge in [0, 0.05) is 55.1 Å². The standard InChI is InChI=1S/C33H32BrN9O4/c1-16-6-7-26(34)37-31(16)38-32(46)24-10-33(12-27-40-39-20(5)47-27)11-25(33)43(24)28(45)15-42-30-17(2)8-21(22-13-35-19(4)36-14-22)9-23(30)29(41-42)18(3)44/h6-9,13-14,24-25H,10-12,15H2,1-5H3,(H,37,38,46)/t24-,25+,33-/m0/s1. The molecule has 2 fully saturated rings. The van der Waals surface area contributed by atoms with Gasteiger partial charge in [0.05, 0.1) is 5.52 Å². The van der Waals surface area contributed by atoms with Gasteiger partial charge in [0.15, 0.2) is 5.78 Å². The fraction of sp³-hybridized carbons (Fsp3) is 0.364. The average molecular weight is 699 g/mol. The number of carbonyl (C=O) groups is 3. The molecule has 2 aliphatic rings. The summed E-state index contributed by atoms with van der Waals surface area (Å²) in [4.78, 5) is 55.7. The zero-order chi connectivity index (χ0) is 33.2. The number of aryl methyl sites for hydroxylation is 4. The van der Waals surface area contributed by atoms with Gasteiger partial charge in [-0.3, -0.25) is 19.1 Å². The van der Waals surface area contributed by atoms with E-state index in [1.807, 2.05) is 39.0 Å². The summed E-state index contributed by atoms with van der Waals surface area (Å²) in [7, 11) is 0. The molecule has 13 nitrogen and oxygen atoms in total. The number of nitrogens with one attached hydrogen (secondary N) is 1. The molecule has 0 spiro atoms. The van der Waals surface area contributed by atoms with Crippen LogP contribution in [-0.4, -0.2) is 69.5 Å². The molecule has 14 heteroatoms. The van der Waals surface area contributed by atoms with E-state index in [9.17, 15) is 14.4 Å². The van der Waals surface area contributed by atoms with E-state index in [4.69, 9.17) is 4.42 Å². The van der Waals surface area contributed by atoms with E-state index in [-0.39, 0.29) is 41.3 Å². The predicted molar refractivity (Wildman–Crippen MR) is 174 cm³/mol. The van der Waals surface area contributed by atoms with Gasteiger partial charge in [0.2, 0.25) is 23.6 Å². The zero-order valence-corrected chi connectivity index (χ0v) is 28.1. The van der Waals surface area contributed by atoms with Crippen molar-refractivity contribution in [1.29, 1.82) is 0 Å². The molecule has 1 saturated heterocycles. The first-order chi connectivity index (χ1) is 22.4. The van der Waals surface area contributed by atoms with Crippen LogP contribution in [0.1, 0.15) is 59.0 Å². The first-order valence-corrected chi connectivity index (χ1v) is 16.1. The third kappa shape index (κ3) is 5.60. The van der Waals surface area contributed by atoms with Crippen molar-refractivity contribution in [2.24, 2.45) is 5.41 Å². The van der Waals surface area contributed by atoms with Crippen molar-refractivity contribution < 1.29 is 18.8 Å². The van der Waals surface area contributed by atoms with E-state index in [2.05, 4.69) is 51.5 Å². The predicted octanol–water partition coefficient (Wildman–Crippen LogP) is 4.71. The molecule has 4 aromatic heterocycles. The van der Waals surface area contributed by atoms with Crippen molar-refractivity contribution in [3.05, 3.63) is 75.7 Å². The monoisotopic (exact) mass is 697 g/mol. The Hall–Kier alpha value is -4.85.